The Hall–Kier alpha value is -1.78. The monoisotopic (exact) mass is 243 g/mol. The van der Waals surface area contributed by atoms with Gasteiger partial charge in [-0.25, -0.2) is 0 Å². The molecule has 0 saturated heterocycles. The molecule has 0 bridgehead atoms. The van der Waals surface area contributed by atoms with Crippen molar-refractivity contribution in [2.75, 3.05) is 6.54 Å². The van der Waals surface area contributed by atoms with Crippen LogP contribution >= 0.6 is 0 Å². The van der Waals surface area contributed by atoms with E-state index in [2.05, 4.69) is 6.58 Å². The van der Waals surface area contributed by atoms with Gasteiger partial charge in [-0.1, -0.05) is 36.4 Å². The third-order valence-electron chi connectivity index (χ3n) is 2.25. The molecule has 1 unspecified atom stereocenters. The van der Waals surface area contributed by atoms with Crippen LogP contribution in [0.2, 0.25) is 0 Å². The van der Waals surface area contributed by atoms with Crippen LogP contribution < -0.4 is 5.32 Å². The first kappa shape index (κ1) is 13.3. The van der Waals surface area contributed by atoms with E-state index in [9.17, 15) is 18.0 Å². The van der Waals surface area contributed by atoms with Crippen molar-refractivity contribution in [3.8, 4) is 0 Å². The van der Waals surface area contributed by atoms with Gasteiger partial charge in [0.1, 0.15) is 0 Å². The fraction of sp³-hybridized carbons (Fsp3) is 0.250. The average Bonchev–Trinajstić information content (AvgIpc) is 2.29. The number of hydrogen-bond donors (Lipinski definition) is 1. The number of nitrogens with one attached hydrogen (secondary N) is 1. The molecule has 0 aromatic heterocycles. The molecular weight excluding hydrogens is 231 g/mol. The summed E-state index contributed by atoms with van der Waals surface area (Å²) in [6, 6.07) is 8.89. The molecule has 0 radical (unpaired) electrons. The number of halogens is 3. The SMILES string of the molecule is C=CC(CNC(=O)C(F)(F)F)c1ccccc1. The molecule has 0 aliphatic carbocycles. The van der Waals surface area contributed by atoms with Crippen molar-refractivity contribution in [2.45, 2.75) is 12.1 Å². The zero-order valence-corrected chi connectivity index (χ0v) is 9.00. The Morgan fingerprint density at radius 3 is 2.41 bits per heavy atom. The molecule has 1 N–H and O–H groups in total. The predicted molar refractivity (Wildman–Crippen MR) is 58.4 cm³/mol. The molecule has 1 atom stereocenters. The zero-order valence-electron chi connectivity index (χ0n) is 9.00. The van der Waals surface area contributed by atoms with Gasteiger partial charge >= 0.3 is 12.1 Å². The Bertz CT molecular complexity index is 386. The second-order valence-corrected chi connectivity index (χ2v) is 3.46. The molecular formula is C12H12F3NO. The third kappa shape index (κ3) is 3.94. The molecule has 1 aromatic rings. The highest BCUT2D eigenvalue weighted by atomic mass is 19.4. The van der Waals surface area contributed by atoms with Crippen molar-refractivity contribution >= 4 is 5.91 Å². The van der Waals surface area contributed by atoms with Gasteiger partial charge in [0.25, 0.3) is 0 Å². The summed E-state index contributed by atoms with van der Waals surface area (Å²) in [6.45, 7) is 3.43. The number of benzene rings is 1. The van der Waals surface area contributed by atoms with Crippen LogP contribution in [-0.2, 0) is 4.79 Å². The molecule has 5 heteroatoms. The summed E-state index contributed by atoms with van der Waals surface area (Å²) in [7, 11) is 0. The van der Waals surface area contributed by atoms with E-state index in [1.807, 2.05) is 5.32 Å². The lowest BCUT2D eigenvalue weighted by Gasteiger charge is -2.14. The number of hydrogen-bond acceptors (Lipinski definition) is 1. The van der Waals surface area contributed by atoms with Crippen molar-refractivity contribution in [3.63, 3.8) is 0 Å². The summed E-state index contributed by atoms with van der Waals surface area (Å²) in [5.41, 5.74) is 0.810. The minimum Gasteiger partial charge on any atom is -0.347 e. The topological polar surface area (TPSA) is 29.1 Å². The fourth-order valence-corrected chi connectivity index (χ4v) is 1.34. The maximum Gasteiger partial charge on any atom is 0.471 e. The minimum atomic E-state index is -4.84. The highest BCUT2D eigenvalue weighted by molar-refractivity contribution is 5.81. The van der Waals surface area contributed by atoms with Crippen LogP contribution in [0.3, 0.4) is 0 Å². The first-order valence-electron chi connectivity index (χ1n) is 4.97. The van der Waals surface area contributed by atoms with E-state index in [0.717, 1.165) is 5.56 Å². The maximum absolute atomic E-state index is 12.0. The first-order chi connectivity index (χ1) is 7.95. The van der Waals surface area contributed by atoms with E-state index in [1.165, 1.54) is 6.08 Å². The highest BCUT2D eigenvalue weighted by Gasteiger charge is 2.38. The molecule has 2 nitrogen and oxygen atoms in total. The van der Waals surface area contributed by atoms with Crippen LogP contribution in [0.5, 0.6) is 0 Å². The Kier molecular flexibility index (Phi) is 4.31. The first-order valence-corrected chi connectivity index (χ1v) is 4.97. The van der Waals surface area contributed by atoms with E-state index in [-0.39, 0.29) is 12.5 Å². The van der Waals surface area contributed by atoms with E-state index < -0.39 is 12.1 Å². The van der Waals surface area contributed by atoms with Gasteiger partial charge in [-0.2, -0.15) is 13.2 Å². The number of carbonyl (C=O) groups is 1. The number of alkyl halides is 3. The van der Waals surface area contributed by atoms with Crippen LogP contribution in [0.25, 0.3) is 0 Å². The van der Waals surface area contributed by atoms with E-state index in [1.54, 1.807) is 30.3 Å². The third-order valence-corrected chi connectivity index (χ3v) is 2.25. The Balaban J connectivity index is 2.61. The van der Waals surface area contributed by atoms with Gasteiger partial charge in [0.15, 0.2) is 0 Å². The zero-order chi connectivity index (χ0) is 12.9. The van der Waals surface area contributed by atoms with Crippen LogP contribution in [0.4, 0.5) is 13.2 Å². The van der Waals surface area contributed by atoms with Crippen molar-refractivity contribution < 1.29 is 18.0 Å². The predicted octanol–water partition coefficient (Wildman–Crippen LogP) is 2.63. The van der Waals surface area contributed by atoms with Gasteiger partial charge in [0.05, 0.1) is 0 Å². The highest BCUT2D eigenvalue weighted by Crippen LogP contribution is 2.17. The van der Waals surface area contributed by atoms with Gasteiger partial charge < -0.3 is 5.32 Å². The molecule has 0 aliphatic rings. The second-order valence-electron chi connectivity index (χ2n) is 3.46. The van der Waals surface area contributed by atoms with Crippen molar-refractivity contribution in [1.82, 2.24) is 5.32 Å². The van der Waals surface area contributed by atoms with E-state index in [0.29, 0.717) is 0 Å². The van der Waals surface area contributed by atoms with Crippen molar-refractivity contribution in [2.24, 2.45) is 0 Å². The maximum atomic E-state index is 12.0. The molecule has 92 valence electrons. The minimum absolute atomic E-state index is 0.119. The summed E-state index contributed by atoms with van der Waals surface area (Å²) in [6.07, 6.45) is -3.34. The smallest absolute Gasteiger partial charge is 0.347 e. The molecule has 0 spiro atoms. The molecule has 1 aromatic carbocycles. The Labute approximate surface area is 97.1 Å². The molecule has 0 fully saturated rings. The largest absolute Gasteiger partial charge is 0.471 e. The molecule has 1 rings (SSSR count). The van der Waals surface area contributed by atoms with Crippen molar-refractivity contribution in [1.29, 1.82) is 0 Å². The van der Waals surface area contributed by atoms with Crippen molar-refractivity contribution in [3.05, 3.63) is 48.6 Å². The van der Waals surface area contributed by atoms with Gasteiger partial charge in [-0.05, 0) is 5.56 Å². The van der Waals surface area contributed by atoms with Crippen LogP contribution in [0, 0.1) is 0 Å². The summed E-state index contributed by atoms with van der Waals surface area (Å²) in [5, 5.41) is 1.84. The summed E-state index contributed by atoms with van der Waals surface area (Å²) in [5.74, 6) is -2.26. The van der Waals surface area contributed by atoms with Gasteiger partial charge in [0, 0.05) is 12.5 Å². The lowest BCUT2D eigenvalue weighted by Crippen LogP contribution is -2.38. The van der Waals surface area contributed by atoms with Crippen LogP contribution in [-0.4, -0.2) is 18.6 Å². The number of carbonyl (C=O) groups excluding carboxylic acids is 1. The standard InChI is InChI=1S/C12H12F3NO/c1-2-9(10-6-4-3-5-7-10)8-16-11(17)12(13,14)15/h2-7,9H,1,8H2,(H,16,17). The van der Waals surface area contributed by atoms with E-state index in [4.69, 9.17) is 0 Å². The average molecular weight is 243 g/mol. The molecule has 0 heterocycles. The lowest BCUT2D eigenvalue weighted by molar-refractivity contribution is -0.173. The normalized spacial score (nSPS) is 12.9. The summed E-state index contributed by atoms with van der Waals surface area (Å²) < 4.78 is 35.9. The van der Waals surface area contributed by atoms with Gasteiger partial charge in [-0.3, -0.25) is 4.79 Å². The van der Waals surface area contributed by atoms with Gasteiger partial charge in [0.2, 0.25) is 0 Å². The Morgan fingerprint density at radius 2 is 1.94 bits per heavy atom. The quantitative estimate of drug-likeness (QED) is 0.809. The second kappa shape index (κ2) is 5.52. The molecule has 0 saturated carbocycles. The van der Waals surface area contributed by atoms with Gasteiger partial charge in [-0.15, -0.1) is 6.58 Å². The molecule has 17 heavy (non-hydrogen) atoms. The summed E-state index contributed by atoms with van der Waals surface area (Å²) >= 11 is 0. The van der Waals surface area contributed by atoms with Crippen LogP contribution in [0.1, 0.15) is 11.5 Å². The molecule has 1 amide bonds. The Morgan fingerprint density at radius 1 is 1.35 bits per heavy atom. The summed E-state index contributed by atoms with van der Waals surface area (Å²) in [4.78, 5) is 10.6. The number of amides is 1. The van der Waals surface area contributed by atoms with E-state index >= 15 is 0 Å². The fourth-order valence-electron chi connectivity index (χ4n) is 1.34. The molecule has 0 aliphatic heterocycles. The number of rotatable bonds is 4. The van der Waals surface area contributed by atoms with Crippen LogP contribution in [0.15, 0.2) is 43.0 Å². The lowest BCUT2D eigenvalue weighted by atomic mass is 9.99.